The number of nitrogens with zero attached hydrogens (tertiary/aromatic N) is 2. The monoisotopic (exact) mass is 416 g/mol. The first kappa shape index (κ1) is 19.8. The number of hydrogen-bond donors (Lipinski definition) is 0. The highest BCUT2D eigenvalue weighted by Gasteiger charge is 2.09. The van der Waals surface area contributed by atoms with Crippen LogP contribution in [0.3, 0.4) is 0 Å². The van der Waals surface area contributed by atoms with Crippen LogP contribution in [0.5, 0.6) is 0 Å². The summed E-state index contributed by atoms with van der Waals surface area (Å²) < 4.78 is 13.5. The molecule has 0 fully saturated rings. The lowest BCUT2D eigenvalue weighted by Crippen LogP contribution is -1.99. The highest BCUT2D eigenvalue weighted by Crippen LogP contribution is 2.27. The molecule has 2 heterocycles. The molecule has 3 aromatic carbocycles. The minimum Gasteiger partial charge on any atom is -0.252 e. The van der Waals surface area contributed by atoms with Crippen molar-refractivity contribution >= 4 is 0 Å². The van der Waals surface area contributed by atoms with Crippen LogP contribution in [0.25, 0.3) is 33.6 Å². The van der Waals surface area contributed by atoms with Crippen LogP contribution in [0, 0.1) is 5.82 Å². The third-order valence-corrected chi connectivity index (χ3v) is 5.36. The summed E-state index contributed by atoms with van der Waals surface area (Å²) in [7, 11) is 0. The first-order chi connectivity index (χ1) is 15.7. The van der Waals surface area contributed by atoms with Gasteiger partial charge in [0.1, 0.15) is 5.82 Å². The van der Waals surface area contributed by atoms with Crippen molar-refractivity contribution in [1.29, 1.82) is 0 Å². The Labute approximate surface area is 187 Å². The predicted octanol–water partition coefficient (Wildman–Crippen LogP) is 7.21. The van der Waals surface area contributed by atoms with Crippen LogP contribution in [-0.4, -0.2) is 9.97 Å². The van der Waals surface area contributed by atoms with E-state index in [9.17, 15) is 4.39 Å². The number of rotatable bonds is 5. The van der Waals surface area contributed by atoms with Crippen molar-refractivity contribution in [3.05, 3.63) is 132 Å². The van der Waals surface area contributed by atoms with E-state index in [2.05, 4.69) is 36.4 Å². The highest BCUT2D eigenvalue weighted by atomic mass is 19.1. The van der Waals surface area contributed by atoms with E-state index in [1.165, 1.54) is 12.1 Å². The Morgan fingerprint density at radius 1 is 0.469 bits per heavy atom. The smallest absolute Gasteiger partial charge is 0.123 e. The molecule has 0 aliphatic carbocycles. The maximum absolute atomic E-state index is 13.5. The summed E-state index contributed by atoms with van der Waals surface area (Å²) in [6.07, 6.45) is 0.607. The molecule has 32 heavy (non-hydrogen) atoms. The summed E-state index contributed by atoms with van der Waals surface area (Å²) in [5.74, 6) is -0.242. The Hall–Kier alpha value is -4.11. The molecule has 2 aromatic heterocycles. The van der Waals surface area contributed by atoms with E-state index >= 15 is 0 Å². The van der Waals surface area contributed by atoms with Crippen molar-refractivity contribution in [3.8, 4) is 33.6 Å². The fraction of sp³-hybridized carbons (Fsp3) is 0.0345. The summed E-state index contributed by atoms with van der Waals surface area (Å²) in [6.45, 7) is 0. The lowest BCUT2D eigenvalue weighted by atomic mass is 10.0. The summed E-state index contributed by atoms with van der Waals surface area (Å²) in [5.41, 5.74) is 7.81. The van der Waals surface area contributed by atoms with Crippen LogP contribution in [0.15, 0.2) is 115 Å². The molecule has 5 aromatic rings. The Balaban J connectivity index is 1.55. The molecule has 5 rings (SSSR count). The van der Waals surface area contributed by atoms with E-state index in [0.717, 1.165) is 45.0 Å². The van der Waals surface area contributed by atoms with Crippen LogP contribution < -0.4 is 0 Å². The third kappa shape index (κ3) is 4.47. The van der Waals surface area contributed by atoms with Crippen molar-refractivity contribution in [2.24, 2.45) is 0 Å². The molecular formula is C29H21FN2. The third-order valence-electron chi connectivity index (χ3n) is 5.36. The first-order valence-corrected chi connectivity index (χ1v) is 10.6. The maximum Gasteiger partial charge on any atom is 0.123 e. The lowest BCUT2D eigenvalue weighted by Gasteiger charge is -2.11. The van der Waals surface area contributed by atoms with Crippen LogP contribution >= 0.6 is 0 Å². The van der Waals surface area contributed by atoms with Gasteiger partial charge in [-0.1, -0.05) is 78.9 Å². The second-order valence-corrected chi connectivity index (χ2v) is 7.66. The maximum atomic E-state index is 13.5. The average Bonchev–Trinajstić information content (AvgIpc) is 2.85. The van der Waals surface area contributed by atoms with Crippen molar-refractivity contribution in [2.45, 2.75) is 6.42 Å². The topological polar surface area (TPSA) is 25.8 Å². The minimum absolute atomic E-state index is 0.242. The van der Waals surface area contributed by atoms with Gasteiger partial charge in [-0.2, -0.15) is 0 Å². The van der Waals surface area contributed by atoms with Crippen molar-refractivity contribution < 1.29 is 4.39 Å². The molecule has 0 aliphatic heterocycles. The summed E-state index contributed by atoms with van der Waals surface area (Å²) in [5, 5.41) is 0. The van der Waals surface area contributed by atoms with Crippen molar-refractivity contribution in [1.82, 2.24) is 9.97 Å². The summed E-state index contributed by atoms with van der Waals surface area (Å²) in [6, 6.07) is 37.1. The van der Waals surface area contributed by atoms with E-state index in [0.29, 0.717) is 6.42 Å². The summed E-state index contributed by atoms with van der Waals surface area (Å²) in [4.78, 5) is 9.80. The molecule has 0 unspecified atom stereocenters. The molecular weight excluding hydrogens is 395 g/mol. The quantitative estimate of drug-likeness (QED) is 0.303. The SMILES string of the molecule is Fc1ccc(-c2cc(Cc3cccc(-c4ccccc4)n3)nc(-c3ccccc3)c2)cc1. The fourth-order valence-electron chi connectivity index (χ4n) is 3.78. The molecule has 0 radical (unpaired) electrons. The zero-order valence-corrected chi connectivity index (χ0v) is 17.4. The lowest BCUT2D eigenvalue weighted by molar-refractivity contribution is 0.628. The normalized spacial score (nSPS) is 10.8. The van der Waals surface area contributed by atoms with E-state index < -0.39 is 0 Å². The van der Waals surface area contributed by atoms with E-state index in [1.54, 1.807) is 12.1 Å². The van der Waals surface area contributed by atoms with E-state index in [1.807, 2.05) is 54.6 Å². The van der Waals surface area contributed by atoms with Gasteiger partial charge < -0.3 is 0 Å². The molecule has 0 atom stereocenters. The Morgan fingerprint density at radius 2 is 1.09 bits per heavy atom. The zero-order chi connectivity index (χ0) is 21.8. The predicted molar refractivity (Wildman–Crippen MR) is 128 cm³/mol. The zero-order valence-electron chi connectivity index (χ0n) is 17.4. The van der Waals surface area contributed by atoms with E-state index in [-0.39, 0.29) is 5.82 Å². The Bertz CT molecular complexity index is 1330. The second-order valence-electron chi connectivity index (χ2n) is 7.66. The van der Waals surface area contributed by atoms with Crippen molar-refractivity contribution in [3.63, 3.8) is 0 Å². The van der Waals surface area contributed by atoms with Gasteiger partial charge in [0, 0.05) is 28.9 Å². The molecule has 0 N–H and O–H groups in total. The number of benzene rings is 3. The van der Waals surface area contributed by atoms with Gasteiger partial charge in [-0.15, -0.1) is 0 Å². The van der Waals surface area contributed by atoms with Crippen molar-refractivity contribution in [2.75, 3.05) is 0 Å². The summed E-state index contributed by atoms with van der Waals surface area (Å²) >= 11 is 0. The highest BCUT2D eigenvalue weighted by molar-refractivity contribution is 5.71. The van der Waals surface area contributed by atoms with Gasteiger partial charge in [-0.3, -0.25) is 9.97 Å². The van der Waals surface area contributed by atoms with E-state index in [4.69, 9.17) is 9.97 Å². The number of hydrogen-bond acceptors (Lipinski definition) is 2. The fourth-order valence-corrected chi connectivity index (χ4v) is 3.78. The molecule has 0 saturated heterocycles. The van der Waals surface area contributed by atoms with Gasteiger partial charge in [0.2, 0.25) is 0 Å². The van der Waals surface area contributed by atoms with Crippen LogP contribution in [0.2, 0.25) is 0 Å². The molecule has 154 valence electrons. The molecule has 0 amide bonds. The Kier molecular flexibility index (Phi) is 5.54. The number of aromatic nitrogens is 2. The Morgan fingerprint density at radius 3 is 1.78 bits per heavy atom. The largest absolute Gasteiger partial charge is 0.252 e. The second kappa shape index (κ2) is 8.94. The number of halogens is 1. The van der Waals surface area contributed by atoms with Crippen LogP contribution in [0.4, 0.5) is 4.39 Å². The minimum atomic E-state index is -0.242. The van der Waals surface area contributed by atoms with Gasteiger partial charge in [0.05, 0.1) is 11.4 Å². The molecule has 2 nitrogen and oxygen atoms in total. The van der Waals surface area contributed by atoms with Gasteiger partial charge in [-0.25, -0.2) is 4.39 Å². The standard InChI is InChI=1S/C29H21FN2/c30-25-16-14-21(15-17-25)24-18-27(32-29(19-24)23-10-5-2-6-11-23)20-26-12-7-13-28(31-26)22-8-3-1-4-9-22/h1-19H,20H2. The molecule has 3 heteroatoms. The van der Waals surface area contributed by atoms with Crippen LogP contribution in [0.1, 0.15) is 11.4 Å². The van der Waals surface area contributed by atoms with Gasteiger partial charge >= 0.3 is 0 Å². The molecule has 0 spiro atoms. The van der Waals surface area contributed by atoms with Gasteiger partial charge in [0.15, 0.2) is 0 Å². The first-order valence-electron chi connectivity index (χ1n) is 10.6. The van der Waals surface area contributed by atoms with Crippen LogP contribution in [-0.2, 0) is 6.42 Å². The molecule has 0 bridgehead atoms. The number of pyridine rings is 2. The van der Waals surface area contributed by atoms with Gasteiger partial charge in [0.25, 0.3) is 0 Å². The average molecular weight is 416 g/mol. The van der Waals surface area contributed by atoms with Gasteiger partial charge in [-0.05, 0) is 47.5 Å². The molecule has 0 saturated carbocycles. The molecule has 0 aliphatic rings.